The van der Waals surface area contributed by atoms with Crippen LogP contribution in [0.2, 0.25) is 0 Å². The Balaban J connectivity index is 1.77. The van der Waals surface area contributed by atoms with Gasteiger partial charge in [0.15, 0.2) is 0 Å². The predicted octanol–water partition coefficient (Wildman–Crippen LogP) is 5.10. The van der Waals surface area contributed by atoms with Crippen LogP contribution < -0.4 is 0 Å². The maximum Gasteiger partial charge on any atom is 0.136 e. The Morgan fingerprint density at radius 1 is 1.10 bits per heavy atom. The predicted molar refractivity (Wildman–Crippen MR) is 93.2 cm³/mol. The van der Waals surface area contributed by atoms with Gasteiger partial charge >= 0.3 is 0 Å². The molecule has 0 aromatic rings. The molecule has 114 valence electrons. The molecule has 4 fully saturated rings. The van der Waals surface area contributed by atoms with E-state index in [0.29, 0.717) is 10.2 Å². The fourth-order valence-electron chi connectivity index (χ4n) is 5.63. The Morgan fingerprint density at radius 3 is 2.20 bits per heavy atom. The largest absolute Gasteiger partial charge is 0.358 e. The zero-order chi connectivity index (χ0) is 14.4. The van der Waals surface area contributed by atoms with Crippen molar-refractivity contribution in [3.63, 3.8) is 0 Å². The minimum absolute atomic E-state index is 0.500. The van der Waals surface area contributed by atoms with Crippen LogP contribution in [-0.4, -0.2) is 27.1 Å². The van der Waals surface area contributed by atoms with Gasteiger partial charge in [0.25, 0.3) is 0 Å². The van der Waals surface area contributed by atoms with Gasteiger partial charge in [-0.05, 0) is 69.6 Å². The molecule has 0 aromatic heterocycles. The number of nitrogens with zero attached hydrogens (tertiary/aromatic N) is 1. The molecular formula is C17H29NS2. The summed E-state index contributed by atoms with van der Waals surface area (Å²) in [5.41, 5.74) is 0.677. The van der Waals surface area contributed by atoms with Crippen molar-refractivity contribution in [2.75, 3.05) is 13.1 Å². The van der Waals surface area contributed by atoms with E-state index in [1.165, 1.54) is 49.3 Å². The van der Waals surface area contributed by atoms with Crippen molar-refractivity contribution in [1.29, 1.82) is 0 Å². The second kappa shape index (κ2) is 5.46. The van der Waals surface area contributed by atoms with E-state index in [9.17, 15) is 0 Å². The number of hydrogen-bond acceptors (Lipinski definition) is 2. The summed E-state index contributed by atoms with van der Waals surface area (Å²) in [4.78, 5) is 2.37. The van der Waals surface area contributed by atoms with Crippen LogP contribution in [0.15, 0.2) is 0 Å². The number of hydrogen-bond donors (Lipinski definition) is 0. The van der Waals surface area contributed by atoms with Gasteiger partial charge < -0.3 is 4.90 Å². The second-order valence-corrected chi connectivity index (χ2v) is 9.64. The summed E-state index contributed by atoms with van der Waals surface area (Å²) in [7, 11) is 0. The van der Waals surface area contributed by atoms with Gasteiger partial charge in [-0.3, -0.25) is 0 Å². The molecule has 1 nitrogen and oxygen atoms in total. The highest BCUT2D eigenvalue weighted by Crippen LogP contribution is 2.66. The van der Waals surface area contributed by atoms with Gasteiger partial charge in [-0.25, -0.2) is 0 Å². The van der Waals surface area contributed by atoms with Crippen molar-refractivity contribution < 1.29 is 0 Å². The summed E-state index contributed by atoms with van der Waals surface area (Å²) >= 11 is 7.86. The summed E-state index contributed by atoms with van der Waals surface area (Å²) in [5, 5.41) is 0. The first kappa shape index (κ1) is 15.1. The SMILES string of the molecule is CCN(CC)C(=S)SC12CC3CC(CC(CC)(C3)C1)C2. The van der Waals surface area contributed by atoms with Crippen molar-refractivity contribution in [3.05, 3.63) is 0 Å². The molecule has 20 heavy (non-hydrogen) atoms. The molecule has 4 bridgehead atoms. The summed E-state index contributed by atoms with van der Waals surface area (Å²) in [5.74, 6) is 2.01. The quantitative estimate of drug-likeness (QED) is 0.665. The second-order valence-electron chi connectivity index (χ2n) is 7.54. The van der Waals surface area contributed by atoms with Crippen molar-refractivity contribution in [2.24, 2.45) is 17.3 Å². The zero-order valence-electron chi connectivity index (χ0n) is 13.3. The molecule has 0 spiro atoms. The van der Waals surface area contributed by atoms with Crippen LogP contribution in [-0.2, 0) is 0 Å². The van der Waals surface area contributed by atoms with E-state index >= 15 is 0 Å². The average molecular weight is 312 g/mol. The highest BCUT2D eigenvalue weighted by molar-refractivity contribution is 8.23. The van der Waals surface area contributed by atoms with E-state index < -0.39 is 0 Å². The minimum atomic E-state index is 0.500. The minimum Gasteiger partial charge on any atom is -0.358 e. The lowest BCUT2D eigenvalue weighted by molar-refractivity contribution is -0.0390. The molecule has 0 heterocycles. The Morgan fingerprint density at radius 2 is 1.70 bits per heavy atom. The molecule has 2 unspecified atom stereocenters. The molecule has 0 aromatic carbocycles. The van der Waals surface area contributed by atoms with Crippen LogP contribution >= 0.6 is 24.0 Å². The Labute approximate surface area is 134 Å². The van der Waals surface area contributed by atoms with E-state index in [1.54, 1.807) is 0 Å². The molecular weight excluding hydrogens is 282 g/mol. The Kier molecular flexibility index (Phi) is 4.14. The molecule has 4 saturated carbocycles. The van der Waals surface area contributed by atoms with E-state index in [4.69, 9.17) is 12.2 Å². The Hall–Kier alpha value is 0.240. The lowest BCUT2D eigenvalue weighted by atomic mass is 9.48. The molecule has 2 atom stereocenters. The first-order chi connectivity index (χ1) is 9.53. The van der Waals surface area contributed by atoms with E-state index in [2.05, 4.69) is 37.4 Å². The highest BCUT2D eigenvalue weighted by Gasteiger charge is 2.57. The van der Waals surface area contributed by atoms with Crippen molar-refractivity contribution in [3.8, 4) is 0 Å². The average Bonchev–Trinajstić information content (AvgIpc) is 2.38. The molecule has 0 aliphatic heterocycles. The van der Waals surface area contributed by atoms with E-state index in [0.717, 1.165) is 24.9 Å². The Bertz CT molecular complexity index is 374. The third-order valence-electron chi connectivity index (χ3n) is 6.20. The van der Waals surface area contributed by atoms with Crippen LogP contribution in [0.3, 0.4) is 0 Å². The maximum atomic E-state index is 5.77. The molecule has 3 heteroatoms. The topological polar surface area (TPSA) is 3.24 Å². The van der Waals surface area contributed by atoms with Gasteiger partial charge in [0.05, 0.1) is 0 Å². The zero-order valence-corrected chi connectivity index (χ0v) is 14.9. The molecule has 0 saturated heterocycles. The van der Waals surface area contributed by atoms with Crippen LogP contribution in [0, 0.1) is 17.3 Å². The van der Waals surface area contributed by atoms with Gasteiger partial charge in [0, 0.05) is 17.8 Å². The third-order valence-corrected chi connectivity index (χ3v) is 8.06. The van der Waals surface area contributed by atoms with Gasteiger partial charge in [-0.1, -0.05) is 37.3 Å². The van der Waals surface area contributed by atoms with Gasteiger partial charge in [-0.15, -0.1) is 0 Å². The number of rotatable bonds is 4. The van der Waals surface area contributed by atoms with Crippen molar-refractivity contribution in [2.45, 2.75) is 70.5 Å². The maximum absolute atomic E-state index is 5.77. The molecule has 0 amide bonds. The monoisotopic (exact) mass is 311 g/mol. The lowest BCUT2D eigenvalue weighted by Gasteiger charge is -2.62. The molecule has 4 aliphatic carbocycles. The summed E-state index contributed by atoms with van der Waals surface area (Å²) in [6.45, 7) is 9.00. The van der Waals surface area contributed by atoms with E-state index in [-0.39, 0.29) is 0 Å². The lowest BCUT2D eigenvalue weighted by Crippen LogP contribution is -2.54. The van der Waals surface area contributed by atoms with Crippen molar-refractivity contribution >= 4 is 28.3 Å². The smallest absolute Gasteiger partial charge is 0.136 e. The summed E-state index contributed by atoms with van der Waals surface area (Å²) in [6, 6.07) is 0. The van der Waals surface area contributed by atoms with E-state index in [1.807, 2.05) is 0 Å². The molecule has 4 rings (SSSR count). The van der Waals surface area contributed by atoms with Gasteiger partial charge in [0.2, 0.25) is 0 Å². The standard InChI is InChI=1S/C17H29NS2/c1-4-16-8-13-7-14(9-16)11-17(10-13,12-16)20-15(19)18(5-2)6-3/h13-14H,4-12H2,1-3H3. The highest BCUT2D eigenvalue weighted by atomic mass is 32.2. The fraction of sp³-hybridized carbons (Fsp3) is 0.941. The summed E-state index contributed by atoms with van der Waals surface area (Å²) in [6.07, 6.45) is 10.3. The van der Waals surface area contributed by atoms with Crippen LogP contribution in [0.5, 0.6) is 0 Å². The van der Waals surface area contributed by atoms with Gasteiger partial charge in [0.1, 0.15) is 4.32 Å². The molecule has 0 radical (unpaired) electrons. The summed E-state index contributed by atoms with van der Waals surface area (Å²) < 4.78 is 1.67. The number of thiocarbonyl (C=S) groups is 1. The van der Waals surface area contributed by atoms with Crippen LogP contribution in [0.1, 0.15) is 65.7 Å². The first-order valence-electron chi connectivity index (χ1n) is 8.51. The normalized spacial score (nSPS) is 42.0. The van der Waals surface area contributed by atoms with Crippen LogP contribution in [0.25, 0.3) is 0 Å². The first-order valence-corrected chi connectivity index (χ1v) is 9.74. The molecule has 4 aliphatic rings. The molecule has 0 N–H and O–H groups in total. The number of thioether (sulfide) groups is 1. The fourth-order valence-corrected chi connectivity index (χ4v) is 8.19. The van der Waals surface area contributed by atoms with Crippen LogP contribution in [0.4, 0.5) is 0 Å². The van der Waals surface area contributed by atoms with Crippen molar-refractivity contribution in [1.82, 2.24) is 4.90 Å². The van der Waals surface area contributed by atoms with Gasteiger partial charge in [-0.2, -0.15) is 0 Å². The third kappa shape index (κ3) is 2.54.